The number of ether oxygens (including phenoxy) is 1. The molecule has 1 aromatic rings. The molecule has 0 saturated carbocycles. The Labute approximate surface area is 141 Å². The zero-order valence-electron chi connectivity index (χ0n) is 14.4. The van der Waals surface area contributed by atoms with Crippen molar-refractivity contribution in [3.05, 3.63) is 28.8 Å². The summed E-state index contributed by atoms with van der Waals surface area (Å²) in [6, 6.07) is 2.86. The van der Waals surface area contributed by atoms with Gasteiger partial charge >= 0.3 is 6.61 Å². The van der Waals surface area contributed by atoms with E-state index in [4.69, 9.17) is 0 Å². The number of halogens is 2. The highest BCUT2D eigenvalue weighted by Crippen LogP contribution is 2.26. The molecule has 0 atom stereocenters. The first-order valence-corrected chi connectivity index (χ1v) is 9.07. The summed E-state index contributed by atoms with van der Waals surface area (Å²) in [5.41, 5.74) is 1.07. The zero-order valence-corrected chi connectivity index (χ0v) is 15.3. The van der Waals surface area contributed by atoms with Crippen molar-refractivity contribution in [3.63, 3.8) is 0 Å². The van der Waals surface area contributed by atoms with Crippen molar-refractivity contribution in [1.29, 1.82) is 0 Å². The third-order valence-corrected chi connectivity index (χ3v) is 6.13. The molecule has 0 aliphatic heterocycles. The summed E-state index contributed by atoms with van der Waals surface area (Å²) >= 11 is 0. The van der Waals surface area contributed by atoms with E-state index in [0.717, 1.165) is 0 Å². The minimum atomic E-state index is -3.33. The molecular formula is C16H23F2NO4S. The van der Waals surface area contributed by atoms with Crippen LogP contribution in [0.4, 0.5) is 8.78 Å². The van der Waals surface area contributed by atoms with E-state index in [1.54, 1.807) is 34.6 Å². The lowest BCUT2D eigenvalue weighted by atomic mass is 10.1. The molecule has 0 unspecified atom stereocenters. The van der Waals surface area contributed by atoms with Gasteiger partial charge in [-0.25, -0.2) is 8.42 Å². The van der Waals surface area contributed by atoms with Gasteiger partial charge < -0.3 is 10.1 Å². The van der Waals surface area contributed by atoms with Gasteiger partial charge in [-0.3, -0.25) is 4.79 Å². The first-order chi connectivity index (χ1) is 10.8. The first-order valence-electron chi connectivity index (χ1n) is 7.41. The molecular weight excluding hydrogens is 340 g/mol. The van der Waals surface area contributed by atoms with Crippen LogP contribution in [0.15, 0.2) is 12.1 Å². The van der Waals surface area contributed by atoms with E-state index in [9.17, 15) is 22.0 Å². The zero-order chi connectivity index (χ0) is 18.7. The number of hydrogen-bond donors (Lipinski definition) is 1. The van der Waals surface area contributed by atoms with Crippen LogP contribution in [0.3, 0.4) is 0 Å². The second kappa shape index (κ2) is 7.46. The Balaban J connectivity index is 2.80. The largest absolute Gasteiger partial charge is 0.434 e. The predicted molar refractivity (Wildman–Crippen MR) is 88.4 cm³/mol. The summed E-state index contributed by atoms with van der Waals surface area (Å²) < 4.78 is 52.2. The molecule has 8 heteroatoms. The summed E-state index contributed by atoms with van der Waals surface area (Å²) in [4.78, 5) is 12.1. The fourth-order valence-electron chi connectivity index (χ4n) is 2.06. The van der Waals surface area contributed by atoms with Crippen LogP contribution in [-0.4, -0.2) is 38.0 Å². The Morgan fingerprint density at radius 1 is 1.21 bits per heavy atom. The van der Waals surface area contributed by atoms with Crippen LogP contribution in [0.5, 0.6) is 5.75 Å². The van der Waals surface area contributed by atoms with E-state index < -0.39 is 27.1 Å². The fourth-order valence-corrected chi connectivity index (χ4v) is 3.05. The second-order valence-corrected chi connectivity index (χ2v) is 9.37. The van der Waals surface area contributed by atoms with Gasteiger partial charge in [-0.2, -0.15) is 8.78 Å². The van der Waals surface area contributed by atoms with Gasteiger partial charge in [0.2, 0.25) is 0 Å². The summed E-state index contributed by atoms with van der Waals surface area (Å²) in [7, 11) is -3.33. The molecule has 1 rings (SSSR count). The summed E-state index contributed by atoms with van der Waals surface area (Å²) in [5, 5.41) is 2.53. The number of rotatable bonds is 6. The van der Waals surface area contributed by atoms with Gasteiger partial charge in [0.15, 0.2) is 9.84 Å². The number of benzene rings is 1. The van der Waals surface area contributed by atoms with E-state index in [1.807, 2.05) is 0 Å². The Morgan fingerprint density at radius 2 is 1.71 bits per heavy atom. The van der Waals surface area contributed by atoms with Gasteiger partial charge in [0.25, 0.3) is 5.91 Å². The lowest BCUT2D eigenvalue weighted by molar-refractivity contribution is -0.0507. The minimum absolute atomic E-state index is 0.0220. The molecule has 0 radical (unpaired) electrons. The summed E-state index contributed by atoms with van der Waals surface area (Å²) in [5.74, 6) is -0.599. The van der Waals surface area contributed by atoms with Gasteiger partial charge in [-0.15, -0.1) is 0 Å². The summed E-state index contributed by atoms with van der Waals surface area (Å²) in [6.07, 6.45) is 0. The molecule has 0 saturated heterocycles. The molecule has 1 amide bonds. The highest BCUT2D eigenvalue weighted by Gasteiger charge is 2.28. The monoisotopic (exact) mass is 363 g/mol. The van der Waals surface area contributed by atoms with Crippen LogP contribution in [-0.2, 0) is 9.84 Å². The van der Waals surface area contributed by atoms with Crippen LogP contribution in [0.1, 0.15) is 42.3 Å². The van der Waals surface area contributed by atoms with E-state index in [-0.39, 0.29) is 23.6 Å². The van der Waals surface area contributed by atoms with E-state index >= 15 is 0 Å². The van der Waals surface area contributed by atoms with Crippen LogP contribution >= 0.6 is 0 Å². The van der Waals surface area contributed by atoms with Crippen molar-refractivity contribution in [2.75, 3.05) is 12.3 Å². The van der Waals surface area contributed by atoms with Crippen molar-refractivity contribution < 1.29 is 26.7 Å². The van der Waals surface area contributed by atoms with Crippen molar-refractivity contribution in [2.45, 2.75) is 46.0 Å². The molecule has 136 valence electrons. The lowest BCUT2D eigenvalue weighted by Crippen LogP contribution is -2.36. The van der Waals surface area contributed by atoms with Crippen molar-refractivity contribution >= 4 is 15.7 Å². The van der Waals surface area contributed by atoms with Gasteiger partial charge in [-0.1, -0.05) is 0 Å². The minimum Gasteiger partial charge on any atom is -0.434 e. The van der Waals surface area contributed by atoms with Gasteiger partial charge in [-0.05, 0) is 57.9 Å². The molecule has 0 aromatic heterocycles. The number of carbonyl (C=O) groups is 1. The number of alkyl halides is 2. The standard InChI is InChI=1S/C16H23F2NO4S/c1-10-8-12(9-11(2)13(10)23-15(17)18)14(20)19-6-7-24(21,22)16(3,4)5/h8-9,15H,6-7H2,1-5H3,(H,19,20). The van der Waals surface area contributed by atoms with E-state index in [2.05, 4.69) is 10.1 Å². The van der Waals surface area contributed by atoms with Crippen LogP contribution in [0.25, 0.3) is 0 Å². The SMILES string of the molecule is Cc1cc(C(=O)NCCS(=O)(=O)C(C)(C)C)cc(C)c1OC(F)F. The number of amides is 1. The van der Waals surface area contributed by atoms with Gasteiger partial charge in [0, 0.05) is 12.1 Å². The number of nitrogens with one attached hydrogen (secondary N) is 1. The highest BCUT2D eigenvalue weighted by atomic mass is 32.2. The second-order valence-electron chi connectivity index (χ2n) is 6.50. The molecule has 0 spiro atoms. The maximum absolute atomic E-state index is 12.4. The maximum Gasteiger partial charge on any atom is 0.387 e. The van der Waals surface area contributed by atoms with Crippen molar-refractivity contribution in [2.24, 2.45) is 0 Å². The molecule has 0 aliphatic carbocycles. The van der Waals surface area contributed by atoms with Crippen molar-refractivity contribution in [1.82, 2.24) is 5.32 Å². The fraction of sp³-hybridized carbons (Fsp3) is 0.562. The molecule has 0 bridgehead atoms. The number of carbonyl (C=O) groups excluding carboxylic acids is 1. The number of sulfone groups is 1. The van der Waals surface area contributed by atoms with Crippen molar-refractivity contribution in [3.8, 4) is 5.75 Å². The van der Waals surface area contributed by atoms with Gasteiger partial charge in [0.1, 0.15) is 5.75 Å². The maximum atomic E-state index is 12.4. The summed E-state index contributed by atoms with van der Waals surface area (Å²) in [6.45, 7) is 4.95. The van der Waals surface area contributed by atoms with Crippen LogP contribution < -0.4 is 10.1 Å². The highest BCUT2D eigenvalue weighted by molar-refractivity contribution is 7.92. The average Bonchev–Trinajstić information content (AvgIpc) is 2.40. The Hall–Kier alpha value is -1.70. The predicted octanol–water partition coefficient (Wildman–Crippen LogP) is 2.85. The molecule has 1 aromatic carbocycles. The van der Waals surface area contributed by atoms with Gasteiger partial charge in [0.05, 0.1) is 10.5 Å². The molecule has 0 aliphatic rings. The number of aryl methyl sites for hydroxylation is 2. The Bertz CT molecular complexity index is 686. The van der Waals surface area contributed by atoms with E-state index in [1.165, 1.54) is 12.1 Å². The first kappa shape index (κ1) is 20.3. The lowest BCUT2D eigenvalue weighted by Gasteiger charge is -2.19. The van der Waals surface area contributed by atoms with Crippen LogP contribution in [0, 0.1) is 13.8 Å². The molecule has 24 heavy (non-hydrogen) atoms. The average molecular weight is 363 g/mol. The Morgan fingerprint density at radius 3 is 2.12 bits per heavy atom. The number of hydrogen-bond acceptors (Lipinski definition) is 4. The quantitative estimate of drug-likeness (QED) is 0.844. The third-order valence-electron chi connectivity index (χ3n) is 3.52. The molecule has 5 nitrogen and oxygen atoms in total. The molecule has 1 N–H and O–H groups in total. The topological polar surface area (TPSA) is 72.5 Å². The Kier molecular flexibility index (Phi) is 6.32. The van der Waals surface area contributed by atoms with Crippen LogP contribution in [0.2, 0.25) is 0 Å². The van der Waals surface area contributed by atoms with E-state index in [0.29, 0.717) is 11.1 Å². The molecule has 0 heterocycles. The third kappa shape index (κ3) is 5.15. The smallest absolute Gasteiger partial charge is 0.387 e. The molecule has 0 fully saturated rings. The normalized spacial score (nSPS) is 12.3.